The summed E-state index contributed by atoms with van der Waals surface area (Å²) in [6.45, 7) is 3.72. The third kappa shape index (κ3) is 4.23. The molecule has 0 radical (unpaired) electrons. The highest BCUT2D eigenvalue weighted by Gasteiger charge is 2.15. The van der Waals surface area contributed by atoms with E-state index in [0.29, 0.717) is 23.0 Å². The van der Waals surface area contributed by atoms with Crippen LogP contribution in [-0.4, -0.2) is 28.7 Å². The second-order valence-corrected chi connectivity index (χ2v) is 5.80. The Hall–Kier alpha value is -3.15. The first kappa shape index (κ1) is 16.7. The Morgan fingerprint density at radius 2 is 1.84 bits per heavy atom. The van der Waals surface area contributed by atoms with Crippen LogP contribution in [0.3, 0.4) is 0 Å². The predicted molar refractivity (Wildman–Crippen MR) is 93.9 cm³/mol. The molecule has 3 aromatic rings. The molecule has 0 bridgehead atoms. The van der Waals surface area contributed by atoms with Crippen LogP contribution in [0.15, 0.2) is 59.1 Å². The van der Waals surface area contributed by atoms with Gasteiger partial charge in [-0.3, -0.25) is 4.79 Å². The minimum atomic E-state index is -0.180. The molecule has 6 nitrogen and oxygen atoms in total. The molecule has 0 atom stereocenters. The lowest BCUT2D eigenvalue weighted by atomic mass is 10.2. The van der Waals surface area contributed by atoms with Crippen molar-refractivity contribution in [3.8, 4) is 28.6 Å². The van der Waals surface area contributed by atoms with Gasteiger partial charge in [0.2, 0.25) is 5.82 Å². The lowest BCUT2D eigenvalue weighted by Crippen LogP contribution is -2.34. The van der Waals surface area contributed by atoms with Crippen LogP contribution in [0.1, 0.15) is 13.8 Å². The predicted octanol–water partition coefficient (Wildman–Crippen LogP) is 3.31. The van der Waals surface area contributed by atoms with Gasteiger partial charge in [0.1, 0.15) is 5.75 Å². The van der Waals surface area contributed by atoms with E-state index in [0.717, 1.165) is 5.56 Å². The summed E-state index contributed by atoms with van der Waals surface area (Å²) in [4.78, 5) is 16.2. The fraction of sp³-hybridized carbons (Fsp3) is 0.211. The number of carbonyl (C=O) groups is 1. The third-order valence-corrected chi connectivity index (χ3v) is 3.38. The average Bonchev–Trinajstić information content (AvgIpc) is 3.10. The molecule has 0 fully saturated rings. The van der Waals surface area contributed by atoms with Gasteiger partial charge < -0.3 is 14.6 Å². The van der Waals surface area contributed by atoms with Crippen molar-refractivity contribution in [3.63, 3.8) is 0 Å². The first-order chi connectivity index (χ1) is 12.1. The van der Waals surface area contributed by atoms with E-state index >= 15 is 0 Å². The van der Waals surface area contributed by atoms with Crippen LogP contribution in [0.5, 0.6) is 5.75 Å². The molecule has 2 aromatic carbocycles. The van der Waals surface area contributed by atoms with Crippen LogP contribution in [0.2, 0.25) is 0 Å². The normalized spacial score (nSPS) is 10.7. The molecule has 0 aliphatic rings. The number of benzene rings is 2. The molecule has 0 spiro atoms. The zero-order valence-electron chi connectivity index (χ0n) is 14.1. The van der Waals surface area contributed by atoms with Crippen molar-refractivity contribution in [3.05, 3.63) is 54.6 Å². The van der Waals surface area contributed by atoms with Gasteiger partial charge in [-0.05, 0) is 26.0 Å². The summed E-state index contributed by atoms with van der Waals surface area (Å²) < 4.78 is 11.0. The summed E-state index contributed by atoms with van der Waals surface area (Å²) in [5, 5.41) is 6.80. The number of para-hydroxylation sites is 1. The molecule has 0 aliphatic heterocycles. The van der Waals surface area contributed by atoms with Crippen molar-refractivity contribution in [2.45, 2.75) is 19.9 Å². The molecule has 3 rings (SSSR count). The van der Waals surface area contributed by atoms with Gasteiger partial charge in [0.05, 0.1) is 5.56 Å². The quantitative estimate of drug-likeness (QED) is 0.747. The van der Waals surface area contributed by atoms with Crippen molar-refractivity contribution >= 4 is 5.91 Å². The number of hydrogen-bond donors (Lipinski definition) is 1. The summed E-state index contributed by atoms with van der Waals surface area (Å²) >= 11 is 0. The zero-order chi connectivity index (χ0) is 17.6. The maximum Gasteiger partial charge on any atom is 0.262 e. The van der Waals surface area contributed by atoms with Gasteiger partial charge in [-0.15, -0.1) is 0 Å². The van der Waals surface area contributed by atoms with Crippen LogP contribution in [-0.2, 0) is 4.79 Å². The molecule has 1 aromatic heterocycles. The summed E-state index contributed by atoms with van der Waals surface area (Å²) in [5.41, 5.74) is 1.52. The molecule has 0 saturated heterocycles. The zero-order valence-corrected chi connectivity index (χ0v) is 14.1. The van der Waals surface area contributed by atoms with Gasteiger partial charge in [-0.1, -0.05) is 47.6 Å². The second-order valence-electron chi connectivity index (χ2n) is 5.80. The van der Waals surface area contributed by atoms with E-state index in [4.69, 9.17) is 9.26 Å². The van der Waals surface area contributed by atoms with Crippen molar-refractivity contribution in [2.24, 2.45) is 0 Å². The van der Waals surface area contributed by atoms with Crippen LogP contribution in [0, 0.1) is 0 Å². The monoisotopic (exact) mass is 337 g/mol. The van der Waals surface area contributed by atoms with Crippen molar-refractivity contribution in [1.82, 2.24) is 15.5 Å². The Labute approximate surface area is 145 Å². The number of nitrogens with zero attached hydrogens (tertiary/aromatic N) is 2. The topological polar surface area (TPSA) is 77.2 Å². The lowest BCUT2D eigenvalue weighted by molar-refractivity contribution is -0.123. The number of rotatable bonds is 6. The fourth-order valence-electron chi connectivity index (χ4n) is 2.31. The Balaban J connectivity index is 1.79. The maximum absolute atomic E-state index is 11.8. The average molecular weight is 337 g/mol. The first-order valence-corrected chi connectivity index (χ1v) is 8.04. The van der Waals surface area contributed by atoms with E-state index in [1.807, 2.05) is 62.4 Å². The number of ether oxygens (including phenoxy) is 1. The Morgan fingerprint density at radius 1 is 1.12 bits per heavy atom. The lowest BCUT2D eigenvalue weighted by Gasteiger charge is -2.11. The number of aromatic nitrogens is 2. The third-order valence-electron chi connectivity index (χ3n) is 3.38. The van der Waals surface area contributed by atoms with E-state index in [1.54, 1.807) is 6.07 Å². The molecule has 1 amide bonds. The highest BCUT2D eigenvalue weighted by molar-refractivity contribution is 5.78. The highest BCUT2D eigenvalue weighted by atomic mass is 16.5. The summed E-state index contributed by atoms with van der Waals surface area (Å²) in [6.07, 6.45) is 0. The Bertz CT molecular complexity index is 844. The van der Waals surface area contributed by atoms with E-state index in [1.165, 1.54) is 0 Å². The molecular weight excluding hydrogens is 318 g/mol. The van der Waals surface area contributed by atoms with E-state index in [9.17, 15) is 4.79 Å². The van der Waals surface area contributed by atoms with Crippen LogP contribution in [0.25, 0.3) is 22.8 Å². The molecule has 1 N–H and O–H groups in total. The van der Waals surface area contributed by atoms with E-state index in [2.05, 4.69) is 15.5 Å². The minimum Gasteiger partial charge on any atom is -0.483 e. The molecule has 6 heteroatoms. The highest BCUT2D eigenvalue weighted by Crippen LogP contribution is 2.30. The standard InChI is InChI=1S/C19H19N3O3/c1-13(2)20-17(23)12-24-16-11-7-6-10-15(16)19-21-18(22-25-19)14-8-4-3-5-9-14/h3-11,13H,12H2,1-2H3,(H,20,23). The SMILES string of the molecule is CC(C)NC(=O)COc1ccccc1-c1nc(-c2ccccc2)no1. The molecular formula is C19H19N3O3. The molecule has 128 valence electrons. The fourth-order valence-corrected chi connectivity index (χ4v) is 2.31. The smallest absolute Gasteiger partial charge is 0.262 e. The summed E-state index contributed by atoms with van der Waals surface area (Å²) in [7, 11) is 0. The first-order valence-electron chi connectivity index (χ1n) is 8.04. The molecule has 1 heterocycles. The minimum absolute atomic E-state index is 0.0655. The number of hydrogen-bond acceptors (Lipinski definition) is 5. The molecule has 0 unspecified atom stereocenters. The molecule has 0 saturated carbocycles. The molecule has 0 aliphatic carbocycles. The van der Waals surface area contributed by atoms with Gasteiger partial charge in [0.25, 0.3) is 11.8 Å². The Morgan fingerprint density at radius 3 is 2.60 bits per heavy atom. The van der Waals surface area contributed by atoms with Gasteiger partial charge in [0.15, 0.2) is 6.61 Å². The Kier molecular flexibility index (Phi) is 5.09. The number of amides is 1. The van der Waals surface area contributed by atoms with Gasteiger partial charge >= 0.3 is 0 Å². The van der Waals surface area contributed by atoms with Gasteiger partial charge in [-0.2, -0.15) is 4.98 Å². The van der Waals surface area contributed by atoms with E-state index < -0.39 is 0 Å². The van der Waals surface area contributed by atoms with Crippen LogP contribution >= 0.6 is 0 Å². The van der Waals surface area contributed by atoms with Crippen LogP contribution < -0.4 is 10.1 Å². The second kappa shape index (κ2) is 7.61. The van der Waals surface area contributed by atoms with Gasteiger partial charge in [-0.25, -0.2) is 0 Å². The number of carbonyl (C=O) groups excluding carboxylic acids is 1. The largest absolute Gasteiger partial charge is 0.483 e. The summed E-state index contributed by atoms with van der Waals surface area (Å²) in [5.74, 6) is 1.19. The van der Waals surface area contributed by atoms with E-state index in [-0.39, 0.29) is 18.6 Å². The van der Waals surface area contributed by atoms with Gasteiger partial charge in [0, 0.05) is 11.6 Å². The summed E-state index contributed by atoms with van der Waals surface area (Å²) in [6, 6.07) is 16.9. The molecule has 25 heavy (non-hydrogen) atoms. The van der Waals surface area contributed by atoms with Crippen molar-refractivity contribution < 1.29 is 14.1 Å². The van der Waals surface area contributed by atoms with Crippen molar-refractivity contribution in [2.75, 3.05) is 6.61 Å². The van der Waals surface area contributed by atoms with Crippen LogP contribution in [0.4, 0.5) is 0 Å². The maximum atomic E-state index is 11.8. The number of nitrogens with one attached hydrogen (secondary N) is 1. The van der Waals surface area contributed by atoms with Crippen molar-refractivity contribution in [1.29, 1.82) is 0 Å².